The van der Waals surface area contributed by atoms with Crippen molar-refractivity contribution in [3.63, 3.8) is 0 Å². The summed E-state index contributed by atoms with van der Waals surface area (Å²) in [5, 5.41) is 8.31. The molecule has 0 atom stereocenters. The maximum absolute atomic E-state index is 10.8. The highest BCUT2D eigenvalue weighted by atomic mass is 79.9. The topological polar surface area (TPSA) is 46.5 Å². The van der Waals surface area contributed by atoms with Gasteiger partial charge in [0, 0.05) is 4.47 Å². The molecule has 0 saturated carbocycles. The third-order valence-corrected chi connectivity index (χ3v) is 2.05. The third kappa shape index (κ3) is 1.97. The maximum atomic E-state index is 10.8. The predicted molar refractivity (Wildman–Crippen MR) is 47.2 cm³/mol. The molecule has 0 aromatic heterocycles. The zero-order valence-electron chi connectivity index (χ0n) is 5.75. The van der Waals surface area contributed by atoms with E-state index in [0.717, 1.165) is 0 Å². The van der Waals surface area contributed by atoms with Gasteiger partial charge in [-0.05, 0) is 18.2 Å². The SMILES string of the molecule is O=C(OO)c1cc(Br)ccc1Cl. The number of hydrogen-bond donors (Lipinski definition) is 1. The normalized spacial score (nSPS) is 9.58. The van der Waals surface area contributed by atoms with Crippen LogP contribution in [0.25, 0.3) is 0 Å². The second-order valence-electron chi connectivity index (χ2n) is 2.00. The van der Waals surface area contributed by atoms with Crippen molar-refractivity contribution in [2.24, 2.45) is 0 Å². The predicted octanol–water partition coefficient (Wildman–Crippen LogP) is 2.73. The Hall–Kier alpha value is -0.580. The van der Waals surface area contributed by atoms with Gasteiger partial charge in [0.2, 0.25) is 0 Å². The van der Waals surface area contributed by atoms with Gasteiger partial charge in [-0.1, -0.05) is 27.5 Å². The molecule has 0 amide bonds. The maximum Gasteiger partial charge on any atom is 0.374 e. The molecule has 0 unspecified atom stereocenters. The summed E-state index contributed by atoms with van der Waals surface area (Å²) in [6, 6.07) is 4.66. The van der Waals surface area contributed by atoms with Gasteiger partial charge in [0.1, 0.15) is 0 Å². The van der Waals surface area contributed by atoms with Crippen molar-refractivity contribution in [2.45, 2.75) is 0 Å². The van der Waals surface area contributed by atoms with E-state index in [1.54, 1.807) is 6.07 Å². The first-order valence-corrected chi connectivity index (χ1v) is 4.13. The van der Waals surface area contributed by atoms with E-state index in [0.29, 0.717) is 4.47 Å². The Kier molecular flexibility index (Phi) is 3.08. The third-order valence-electron chi connectivity index (χ3n) is 1.23. The Morgan fingerprint density at radius 2 is 2.25 bits per heavy atom. The highest BCUT2D eigenvalue weighted by molar-refractivity contribution is 9.10. The largest absolute Gasteiger partial charge is 0.374 e. The summed E-state index contributed by atoms with van der Waals surface area (Å²) in [7, 11) is 0. The molecule has 12 heavy (non-hydrogen) atoms. The molecule has 0 fully saturated rings. The van der Waals surface area contributed by atoms with Gasteiger partial charge < -0.3 is 0 Å². The second-order valence-corrected chi connectivity index (χ2v) is 3.33. The molecule has 1 N–H and O–H groups in total. The quantitative estimate of drug-likeness (QED) is 0.616. The molecule has 0 saturated heterocycles. The van der Waals surface area contributed by atoms with Crippen LogP contribution in [-0.2, 0) is 4.89 Å². The van der Waals surface area contributed by atoms with E-state index < -0.39 is 5.97 Å². The molecule has 0 radical (unpaired) electrons. The lowest BCUT2D eigenvalue weighted by Gasteiger charge is -1.99. The van der Waals surface area contributed by atoms with Crippen LogP contribution in [0, 0.1) is 0 Å². The van der Waals surface area contributed by atoms with E-state index in [2.05, 4.69) is 20.8 Å². The standard InChI is InChI=1S/C7H4BrClO3/c8-4-1-2-6(9)5(3-4)7(10)12-11/h1-3,11H. The van der Waals surface area contributed by atoms with Crippen LogP contribution < -0.4 is 0 Å². The number of hydrogen-bond acceptors (Lipinski definition) is 3. The molecule has 1 rings (SSSR count). The Bertz CT molecular complexity index is 314. The fourth-order valence-corrected chi connectivity index (χ4v) is 1.26. The van der Waals surface area contributed by atoms with Gasteiger partial charge in [-0.3, -0.25) is 4.89 Å². The average Bonchev–Trinajstić information content (AvgIpc) is 2.08. The first-order chi connectivity index (χ1) is 5.65. The van der Waals surface area contributed by atoms with Gasteiger partial charge in [-0.25, -0.2) is 4.79 Å². The minimum atomic E-state index is -0.874. The number of halogens is 2. The zero-order valence-corrected chi connectivity index (χ0v) is 8.09. The molecular formula is C7H4BrClO3. The smallest absolute Gasteiger partial charge is 0.295 e. The van der Waals surface area contributed by atoms with Crippen molar-refractivity contribution in [1.82, 2.24) is 0 Å². The van der Waals surface area contributed by atoms with Crippen molar-refractivity contribution in [3.8, 4) is 0 Å². The van der Waals surface area contributed by atoms with Crippen LogP contribution in [0.3, 0.4) is 0 Å². The minimum Gasteiger partial charge on any atom is -0.295 e. The van der Waals surface area contributed by atoms with E-state index in [1.165, 1.54) is 12.1 Å². The van der Waals surface area contributed by atoms with Gasteiger partial charge in [0.05, 0.1) is 10.6 Å². The molecule has 0 heterocycles. The van der Waals surface area contributed by atoms with Crippen LogP contribution in [0.4, 0.5) is 0 Å². The highest BCUT2D eigenvalue weighted by Gasteiger charge is 2.11. The van der Waals surface area contributed by atoms with Crippen LogP contribution >= 0.6 is 27.5 Å². The molecule has 3 nitrogen and oxygen atoms in total. The zero-order chi connectivity index (χ0) is 9.14. The molecule has 5 heteroatoms. The molecule has 0 spiro atoms. The summed E-state index contributed by atoms with van der Waals surface area (Å²) in [6.07, 6.45) is 0. The van der Waals surface area contributed by atoms with E-state index in [1.807, 2.05) is 0 Å². The first-order valence-electron chi connectivity index (χ1n) is 2.96. The van der Waals surface area contributed by atoms with E-state index in [-0.39, 0.29) is 10.6 Å². The summed E-state index contributed by atoms with van der Waals surface area (Å²) in [5.41, 5.74) is 0.119. The van der Waals surface area contributed by atoms with E-state index in [9.17, 15) is 4.79 Å². The van der Waals surface area contributed by atoms with Crippen LogP contribution in [-0.4, -0.2) is 11.2 Å². The Morgan fingerprint density at radius 3 is 2.83 bits per heavy atom. The monoisotopic (exact) mass is 250 g/mol. The fourth-order valence-electron chi connectivity index (χ4n) is 0.703. The molecule has 0 aliphatic rings. The Balaban J connectivity index is 3.13. The van der Waals surface area contributed by atoms with Crippen molar-refractivity contribution >= 4 is 33.5 Å². The van der Waals surface area contributed by atoms with Gasteiger partial charge in [-0.2, -0.15) is 5.26 Å². The number of rotatable bonds is 1. The van der Waals surface area contributed by atoms with Gasteiger partial charge in [0.15, 0.2) is 0 Å². The second kappa shape index (κ2) is 3.89. The van der Waals surface area contributed by atoms with Crippen molar-refractivity contribution in [1.29, 1.82) is 0 Å². The molecule has 0 bridgehead atoms. The van der Waals surface area contributed by atoms with Crippen LogP contribution in [0.5, 0.6) is 0 Å². The number of benzene rings is 1. The molecule has 0 aliphatic carbocycles. The van der Waals surface area contributed by atoms with Gasteiger partial charge in [-0.15, -0.1) is 0 Å². The van der Waals surface area contributed by atoms with E-state index in [4.69, 9.17) is 16.9 Å². The molecule has 0 aliphatic heterocycles. The fraction of sp³-hybridized carbons (Fsp3) is 0. The lowest BCUT2D eigenvalue weighted by molar-refractivity contribution is -0.182. The molecule has 64 valence electrons. The van der Waals surface area contributed by atoms with Crippen LogP contribution in [0.1, 0.15) is 10.4 Å². The Labute approximate surface area is 82.0 Å². The number of carbonyl (C=O) groups excluding carboxylic acids is 1. The summed E-state index contributed by atoms with van der Waals surface area (Å²) in [6.45, 7) is 0. The molecule has 1 aromatic carbocycles. The first kappa shape index (κ1) is 9.51. The van der Waals surface area contributed by atoms with E-state index >= 15 is 0 Å². The highest BCUT2D eigenvalue weighted by Crippen LogP contribution is 2.21. The van der Waals surface area contributed by atoms with Gasteiger partial charge in [0.25, 0.3) is 0 Å². The lowest BCUT2D eigenvalue weighted by atomic mass is 10.2. The van der Waals surface area contributed by atoms with Crippen molar-refractivity contribution in [3.05, 3.63) is 33.3 Å². The van der Waals surface area contributed by atoms with Crippen LogP contribution in [0.15, 0.2) is 22.7 Å². The summed E-state index contributed by atoms with van der Waals surface area (Å²) in [4.78, 5) is 14.3. The molecule has 1 aromatic rings. The lowest BCUT2D eigenvalue weighted by Crippen LogP contribution is -2.02. The summed E-state index contributed by atoms with van der Waals surface area (Å²) >= 11 is 8.78. The minimum absolute atomic E-state index is 0.119. The summed E-state index contributed by atoms with van der Waals surface area (Å²) < 4.78 is 0.687. The van der Waals surface area contributed by atoms with Crippen molar-refractivity contribution < 1.29 is 14.9 Å². The average molecular weight is 251 g/mol. The Morgan fingerprint density at radius 1 is 1.58 bits per heavy atom. The van der Waals surface area contributed by atoms with Crippen molar-refractivity contribution in [2.75, 3.05) is 0 Å². The number of carbonyl (C=O) groups is 1. The summed E-state index contributed by atoms with van der Waals surface area (Å²) in [5.74, 6) is -0.874. The van der Waals surface area contributed by atoms with Gasteiger partial charge >= 0.3 is 5.97 Å². The molecular weight excluding hydrogens is 247 g/mol. The van der Waals surface area contributed by atoms with Crippen LogP contribution in [0.2, 0.25) is 5.02 Å².